The summed E-state index contributed by atoms with van der Waals surface area (Å²) >= 11 is 0. The third kappa shape index (κ3) is 13.2. The summed E-state index contributed by atoms with van der Waals surface area (Å²) in [6.45, 7) is 3.88. The van der Waals surface area contributed by atoms with E-state index in [-0.39, 0.29) is 57.5 Å². The molecule has 0 aliphatic heterocycles. The molecule has 0 radical (unpaired) electrons. The van der Waals surface area contributed by atoms with Crippen molar-refractivity contribution in [3.05, 3.63) is 0 Å². The molecule has 0 saturated carbocycles. The molecule has 20 heavy (non-hydrogen) atoms. The first-order chi connectivity index (χ1) is 8.91. The third-order valence-electron chi connectivity index (χ3n) is 3.57. The van der Waals surface area contributed by atoms with Gasteiger partial charge in [0.05, 0.1) is 16.2 Å². The van der Waals surface area contributed by atoms with Crippen LogP contribution in [0.1, 0.15) is 78.1 Å². The van der Waals surface area contributed by atoms with Gasteiger partial charge in [-0.25, -0.2) is 8.42 Å². The molecule has 2 atom stereocenters. The van der Waals surface area contributed by atoms with Gasteiger partial charge in [-0.1, -0.05) is 46.0 Å². The maximum Gasteiger partial charge on any atom is 1.00 e. The number of aliphatic hydroxyl groups excluding tert-OH is 1. The Morgan fingerprint density at radius 1 is 0.950 bits per heavy atom. The maximum atomic E-state index is 10.9. The van der Waals surface area contributed by atoms with Crippen LogP contribution in [0, 0.1) is 0 Å². The van der Waals surface area contributed by atoms with Crippen LogP contribution in [0.3, 0.4) is 0 Å². The Balaban J connectivity index is 0. The van der Waals surface area contributed by atoms with E-state index in [9.17, 15) is 18.1 Å². The molecule has 0 saturated heterocycles. The second kappa shape index (κ2) is 14.1. The summed E-state index contributed by atoms with van der Waals surface area (Å²) in [4.78, 5) is 0. The summed E-state index contributed by atoms with van der Waals surface area (Å²) < 4.78 is 32.7. The van der Waals surface area contributed by atoms with E-state index in [1.165, 1.54) is 19.3 Å². The van der Waals surface area contributed by atoms with Crippen molar-refractivity contribution in [2.45, 2.75) is 89.4 Å². The summed E-state index contributed by atoms with van der Waals surface area (Å²) in [5.74, 6) is 0. The molecular weight excluding hydrogens is 303 g/mol. The van der Waals surface area contributed by atoms with E-state index in [0.717, 1.165) is 19.3 Å². The van der Waals surface area contributed by atoms with E-state index >= 15 is 0 Å². The molecule has 0 aromatic heterocycles. The summed E-state index contributed by atoms with van der Waals surface area (Å²) in [5.41, 5.74) is 0. The molecule has 0 bridgehead atoms. The van der Waals surface area contributed by atoms with Gasteiger partial charge in [-0.05, 0) is 32.1 Å². The third-order valence-corrected chi connectivity index (χ3v) is 4.95. The first-order valence-electron chi connectivity index (χ1n) is 7.54. The second-order valence-electron chi connectivity index (χ2n) is 5.31. The first-order valence-corrected chi connectivity index (χ1v) is 9.01. The molecule has 0 heterocycles. The molecule has 6 heteroatoms. The van der Waals surface area contributed by atoms with Crippen LogP contribution in [0.25, 0.3) is 0 Å². The standard InChI is InChI=1S/C14H30O4S.K/c1-3-5-6-7-8-10-13(15)11-9-12-14(4-2)19(16,17)18;/h13-15H,3-12H2,1-2H3,(H,16,17,18);/q;+1/p-1. The van der Waals surface area contributed by atoms with E-state index in [2.05, 4.69) is 6.92 Å². The van der Waals surface area contributed by atoms with Gasteiger partial charge in [-0.2, -0.15) is 0 Å². The Bertz CT molecular complexity index is 306. The Kier molecular flexibility index (Phi) is 16.8. The summed E-state index contributed by atoms with van der Waals surface area (Å²) in [7, 11) is -4.17. The van der Waals surface area contributed by atoms with Crippen LogP contribution in [0.15, 0.2) is 0 Å². The van der Waals surface area contributed by atoms with Crippen molar-refractivity contribution in [1.29, 1.82) is 0 Å². The van der Waals surface area contributed by atoms with E-state index in [4.69, 9.17) is 0 Å². The molecule has 4 nitrogen and oxygen atoms in total. The van der Waals surface area contributed by atoms with Gasteiger partial charge in [-0.15, -0.1) is 0 Å². The van der Waals surface area contributed by atoms with Crippen LogP contribution in [0.2, 0.25) is 0 Å². The summed E-state index contributed by atoms with van der Waals surface area (Å²) in [5, 5.41) is 8.98. The van der Waals surface area contributed by atoms with Crippen LogP contribution in [0.4, 0.5) is 0 Å². The van der Waals surface area contributed by atoms with Gasteiger partial charge < -0.3 is 9.66 Å². The minimum Gasteiger partial charge on any atom is -0.748 e. The van der Waals surface area contributed by atoms with Gasteiger partial charge in [0.15, 0.2) is 0 Å². The van der Waals surface area contributed by atoms with Crippen LogP contribution < -0.4 is 51.4 Å². The van der Waals surface area contributed by atoms with Gasteiger partial charge >= 0.3 is 51.4 Å². The normalized spacial score (nSPS) is 14.6. The van der Waals surface area contributed by atoms with Crippen molar-refractivity contribution < 1.29 is 69.5 Å². The molecule has 0 aliphatic carbocycles. The zero-order chi connectivity index (χ0) is 14.7. The van der Waals surface area contributed by atoms with Crippen molar-refractivity contribution in [3.8, 4) is 0 Å². The molecule has 0 rings (SSSR count). The van der Waals surface area contributed by atoms with Gasteiger partial charge in [0.25, 0.3) is 0 Å². The smallest absolute Gasteiger partial charge is 0.748 e. The van der Waals surface area contributed by atoms with Gasteiger partial charge in [0, 0.05) is 5.25 Å². The summed E-state index contributed by atoms with van der Waals surface area (Å²) in [6, 6.07) is 0. The van der Waals surface area contributed by atoms with Crippen LogP contribution in [0.5, 0.6) is 0 Å². The van der Waals surface area contributed by atoms with Crippen molar-refractivity contribution in [2.24, 2.45) is 0 Å². The molecule has 0 aliphatic rings. The molecule has 116 valence electrons. The Morgan fingerprint density at radius 2 is 1.50 bits per heavy atom. The van der Waals surface area contributed by atoms with E-state index in [1.807, 2.05) is 0 Å². The maximum absolute atomic E-state index is 10.9. The van der Waals surface area contributed by atoms with E-state index in [0.29, 0.717) is 25.7 Å². The molecular formula is C14H29KO4S. The van der Waals surface area contributed by atoms with E-state index < -0.39 is 15.4 Å². The minimum absolute atomic E-state index is 0. The first kappa shape index (κ1) is 23.8. The van der Waals surface area contributed by atoms with Crippen molar-refractivity contribution in [3.63, 3.8) is 0 Å². The molecule has 0 aromatic carbocycles. The van der Waals surface area contributed by atoms with Gasteiger partial charge in [0.2, 0.25) is 0 Å². The van der Waals surface area contributed by atoms with Crippen molar-refractivity contribution in [2.75, 3.05) is 0 Å². The van der Waals surface area contributed by atoms with Gasteiger partial charge in [0.1, 0.15) is 0 Å². The van der Waals surface area contributed by atoms with Crippen molar-refractivity contribution >= 4 is 10.1 Å². The largest absolute Gasteiger partial charge is 1.00 e. The predicted octanol–water partition coefficient (Wildman–Crippen LogP) is 0.206. The van der Waals surface area contributed by atoms with Crippen molar-refractivity contribution in [1.82, 2.24) is 0 Å². The predicted molar refractivity (Wildman–Crippen MR) is 77.0 cm³/mol. The summed E-state index contributed by atoms with van der Waals surface area (Å²) in [6.07, 6.45) is 8.22. The molecule has 0 fully saturated rings. The SMILES string of the molecule is CCCCCCCC(O)CCCC(CC)S(=O)(=O)[O-].[K+]. The fraction of sp³-hybridized carbons (Fsp3) is 1.00. The van der Waals surface area contributed by atoms with E-state index in [1.54, 1.807) is 6.92 Å². The molecule has 0 amide bonds. The Hall–Kier alpha value is 1.51. The zero-order valence-corrected chi connectivity index (χ0v) is 17.2. The number of aliphatic hydroxyl groups is 1. The number of hydrogen-bond donors (Lipinski definition) is 1. The molecule has 0 spiro atoms. The minimum atomic E-state index is -4.17. The fourth-order valence-corrected chi connectivity index (χ4v) is 3.13. The molecule has 0 aromatic rings. The Labute approximate surface area is 167 Å². The van der Waals surface area contributed by atoms with Crippen LogP contribution >= 0.6 is 0 Å². The van der Waals surface area contributed by atoms with Gasteiger partial charge in [-0.3, -0.25) is 0 Å². The number of rotatable bonds is 12. The molecule has 2 unspecified atom stereocenters. The monoisotopic (exact) mass is 332 g/mol. The molecule has 1 N–H and O–H groups in total. The second-order valence-corrected chi connectivity index (χ2v) is 6.96. The zero-order valence-electron chi connectivity index (χ0n) is 13.3. The quantitative estimate of drug-likeness (QED) is 0.315. The average molecular weight is 333 g/mol. The Morgan fingerprint density at radius 3 is 2.00 bits per heavy atom. The van der Waals surface area contributed by atoms with Crippen LogP contribution in [-0.4, -0.2) is 29.4 Å². The number of hydrogen-bond acceptors (Lipinski definition) is 4. The van der Waals surface area contributed by atoms with Crippen LogP contribution in [-0.2, 0) is 10.1 Å². The number of unbranched alkanes of at least 4 members (excludes halogenated alkanes) is 4. The fourth-order valence-electron chi connectivity index (χ4n) is 2.26. The topological polar surface area (TPSA) is 77.4 Å². The average Bonchev–Trinajstić information content (AvgIpc) is 2.32.